The standard InChI is InChI=1S/C21H25FN2O4S/c1-29-11-6-21(26)24-9-7-23(8-10-24)13-18-12-19(25)20(15-27-18)28-14-16-2-4-17(22)5-3-16/h2-5,12,15H,6-11,13-14H2,1H3. The molecule has 0 aliphatic carbocycles. The predicted octanol–water partition coefficient (Wildman–Crippen LogP) is 2.76. The molecule has 3 rings (SSSR count). The number of thioether (sulfide) groups is 1. The van der Waals surface area contributed by atoms with Gasteiger partial charge in [-0.2, -0.15) is 11.8 Å². The lowest BCUT2D eigenvalue weighted by molar-refractivity contribution is -0.132. The Morgan fingerprint density at radius 3 is 2.59 bits per heavy atom. The zero-order valence-electron chi connectivity index (χ0n) is 16.4. The number of rotatable bonds is 8. The summed E-state index contributed by atoms with van der Waals surface area (Å²) in [5.41, 5.74) is 0.513. The van der Waals surface area contributed by atoms with E-state index in [2.05, 4.69) is 4.90 Å². The molecule has 1 fully saturated rings. The highest BCUT2D eigenvalue weighted by molar-refractivity contribution is 7.98. The number of hydrogen-bond donors (Lipinski definition) is 0. The molecule has 1 saturated heterocycles. The Morgan fingerprint density at radius 2 is 1.93 bits per heavy atom. The normalized spacial score (nSPS) is 14.8. The predicted molar refractivity (Wildman–Crippen MR) is 111 cm³/mol. The van der Waals surface area contributed by atoms with Crippen LogP contribution in [0.4, 0.5) is 4.39 Å². The van der Waals surface area contributed by atoms with Crippen molar-refractivity contribution in [1.29, 1.82) is 0 Å². The van der Waals surface area contributed by atoms with Crippen LogP contribution in [0.3, 0.4) is 0 Å². The zero-order chi connectivity index (χ0) is 20.6. The molecule has 0 radical (unpaired) electrons. The van der Waals surface area contributed by atoms with Crippen molar-refractivity contribution in [2.24, 2.45) is 0 Å². The van der Waals surface area contributed by atoms with Crippen LogP contribution < -0.4 is 10.2 Å². The highest BCUT2D eigenvalue weighted by Crippen LogP contribution is 2.13. The SMILES string of the molecule is CSCCC(=O)N1CCN(Cc2cc(=O)c(OCc3ccc(F)cc3)co2)CC1. The van der Waals surface area contributed by atoms with Crippen LogP contribution in [0.25, 0.3) is 0 Å². The first-order valence-corrected chi connectivity index (χ1v) is 10.9. The minimum atomic E-state index is -0.317. The summed E-state index contributed by atoms with van der Waals surface area (Å²) in [5.74, 6) is 1.42. The summed E-state index contributed by atoms with van der Waals surface area (Å²) < 4.78 is 24.0. The van der Waals surface area contributed by atoms with Gasteiger partial charge >= 0.3 is 0 Å². The smallest absolute Gasteiger partial charge is 0.227 e. The van der Waals surface area contributed by atoms with E-state index in [0.29, 0.717) is 31.8 Å². The van der Waals surface area contributed by atoms with Gasteiger partial charge in [0, 0.05) is 44.4 Å². The van der Waals surface area contributed by atoms with Crippen molar-refractivity contribution in [2.45, 2.75) is 19.6 Å². The number of nitrogens with zero attached hydrogens (tertiary/aromatic N) is 2. The van der Waals surface area contributed by atoms with Gasteiger partial charge in [-0.1, -0.05) is 12.1 Å². The number of carbonyl (C=O) groups is 1. The molecule has 0 saturated carbocycles. The lowest BCUT2D eigenvalue weighted by atomic mass is 10.2. The molecule has 6 nitrogen and oxygen atoms in total. The molecule has 0 atom stereocenters. The van der Waals surface area contributed by atoms with Crippen LogP contribution >= 0.6 is 11.8 Å². The van der Waals surface area contributed by atoms with Crippen molar-refractivity contribution < 1.29 is 18.3 Å². The van der Waals surface area contributed by atoms with Gasteiger partial charge in [0.1, 0.15) is 24.4 Å². The van der Waals surface area contributed by atoms with E-state index in [0.717, 1.165) is 24.4 Å². The minimum Gasteiger partial charge on any atom is -0.482 e. The Hall–Kier alpha value is -2.32. The molecule has 1 aromatic heterocycles. The van der Waals surface area contributed by atoms with Gasteiger partial charge in [-0.15, -0.1) is 0 Å². The van der Waals surface area contributed by atoms with Crippen LogP contribution in [-0.4, -0.2) is 53.9 Å². The molecule has 1 aliphatic heterocycles. The maximum Gasteiger partial charge on any atom is 0.227 e. The number of piperazine rings is 1. The average Bonchev–Trinajstić information content (AvgIpc) is 2.73. The Labute approximate surface area is 173 Å². The maximum atomic E-state index is 12.9. The summed E-state index contributed by atoms with van der Waals surface area (Å²) in [4.78, 5) is 28.4. The van der Waals surface area contributed by atoms with Crippen LogP contribution in [0.2, 0.25) is 0 Å². The van der Waals surface area contributed by atoms with Crippen LogP contribution in [0.1, 0.15) is 17.7 Å². The largest absolute Gasteiger partial charge is 0.482 e. The molecule has 29 heavy (non-hydrogen) atoms. The molecule has 0 N–H and O–H groups in total. The van der Waals surface area contributed by atoms with E-state index in [1.54, 1.807) is 23.9 Å². The third kappa shape index (κ3) is 6.33. The van der Waals surface area contributed by atoms with Crippen LogP contribution in [0, 0.1) is 5.82 Å². The lowest BCUT2D eigenvalue weighted by Gasteiger charge is -2.34. The second-order valence-electron chi connectivity index (χ2n) is 6.89. The fraction of sp³-hybridized carbons (Fsp3) is 0.429. The van der Waals surface area contributed by atoms with Crippen molar-refractivity contribution in [1.82, 2.24) is 9.80 Å². The number of halogens is 1. The van der Waals surface area contributed by atoms with E-state index in [9.17, 15) is 14.0 Å². The average molecular weight is 421 g/mol. The molecule has 2 heterocycles. The lowest BCUT2D eigenvalue weighted by Crippen LogP contribution is -2.48. The van der Waals surface area contributed by atoms with Crippen molar-refractivity contribution in [2.75, 3.05) is 38.2 Å². The van der Waals surface area contributed by atoms with Crippen LogP contribution in [-0.2, 0) is 17.9 Å². The third-order valence-electron chi connectivity index (χ3n) is 4.78. The van der Waals surface area contributed by atoms with E-state index in [4.69, 9.17) is 9.15 Å². The molecule has 0 bridgehead atoms. The number of ether oxygens (including phenoxy) is 1. The number of hydrogen-bond acceptors (Lipinski definition) is 6. The molecule has 2 aromatic rings. The van der Waals surface area contributed by atoms with Gasteiger partial charge in [-0.3, -0.25) is 14.5 Å². The highest BCUT2D eigenvalue weighted by atomic mass is 32.2. The van der Waals surface area contributed by atoms with E-state index in [1.807, 2.05) is 11.2 Å². The Kier molecular flexibility index (Phi) is 7.71. The van der Waals surface area contributed by atoms with E-state index >= 15 is 0 Å². The second-order valence-corrected chi connectivity index (χ2v) is 7.88. The topological polar surface area (TPSA) is 63.0 Å². The van der Waals surface area contributed by atoms with Crippen molar-refractivity contribution in [3.8, 4) is 5.75 Å². The summed E-state index contributed by atoms with van der Waals surface area (Å²) in [5, 5.41) is 0. The molecular formula is C21H25FN2O4S. The van der Waals surface area contributed by atoms with Gasteiger partial charge in [0.25, 0.3) is 0 Å². The van der Waals surface area contributed by atoms with Gasteiger partial charge in [0.15, 0.2) is 0 Å². The Balaban J connectivity index is 1.48. The number of amides is 1. The fourth-order valence-corrected chi connectivity index (χ4v) is 3.47. The summed E-state index contributed by atoms with van der Waals surface area (Å²) >= 11 is 1.68. The van der Waals surface area contributed by atoms with Gasteiger partial charge in [0.2, 0.25) is 17.1 Å². The highest BCUT2D eigenvalue weighted by Gasteiger charge is 2.21. The molecule has 1 amide bonds. The molecule has 0 unspecified atom stereocenters. The van der Waals surface area contributed by atoms with Crippen LogP contribution in [0.5, 0.6) is 5.75 Å². The van der Waals surface area contributed by atoms with Gasteiger partial charge in [-0.05, 0) is 24.0 Å². The van der Waals surface area contributed by atoms with Gasteiger partial charge < -0.3 is 14.1 Å². The summed E-state index contributed by atoms with van der Waals surface area (Å²) in [7, 11) is 0. The third-order valence-corrected chi connectivity index (χ3v) is 5.40. The minimum absolute atomic E-state index is 0.127. The van der Waals surface area contributed by atoms with Crippen molar-refractivity contribution in [3.05, 3.63) is 64.0 Å². The summed E-state index contributed by atoms with van der Waals surface area (Å²) in [6.07, 6.45) is 3.90. The number of carbonyl (C=O) groups excluding carboxylic acids is 1. The van der Waals surface area contributed by atoms with E-state index < -0.39 is 0 Å². The first-order valence-electron chi connectivity index (χ1n) is 9.53. The number of benzene rings is 1. The molecule has 0 spiro atoms. The quantitative estimate of drug-likeness (QED) is 0.655. The summed E-state index contributed by atoms with van der Waals surface area (Å²) in [6, 6.07) is 7.35. The Morgan fingerprint density at radius 1 is 1.21 bits per heavy atom. The van der Waals surface area contributed by atoms with Crippen LogP contribution in [0.15, 0.2) is 45.8 Å². The zero-order valence-corrected chi connectivity index (χ0v) is 17.3. The first kappa shape index (κ1) is 21.4. The summed E-state index contributed by atoms with van der Waals surface area (Å²) in [6.45, 7) is 3.55. The molecule has 156 valence electrons. The monoisotopic (exact) mass is 420 g/mol. The fourth-order valence-electron chi connectivity index (χ4n) is 3.09. The second kappa shape index (κ2) is 10.5. The molecule has 8 heteroatoms. The van der Waals surface area contributed by atoms with E-state index in [-0.39, 0.29) is 29.5 Å². The first-order chi connectivity index (χ1) is 14.0. The van der Waals surface area contributed by atoms with Crippen molar-refractivity contribution >= 4 is 17.7 Å². The van der Waals surface area contributed by atoms with Gasteiger partial charge in [0.05, 0.1) is 6.54 Å². The molecular weight excluding hydrogens is 395 g/mol. The Bertz CT molecular complexity index is 864. The maximum absolute atomic E-state index is 12.9. The molecule has 1 aromatic carbocycles. The molecule has 1 aliphatic rings. The van der Waals surface area contributed by atoms with E-state index in [1.165, 1.54) is 24.5 Å². The van der Waals surface area contributed by atoms with Crippen molar-refractivity contribution in [3.63, 3.8) is 0 Å². The van der Waals surface area contributed by atoms with Gasteiger partial charge in [-0.25, -0.2) is 4.39 Å².